The normalized spacial score (nSPS) is 14.9. The molecule has 2 aromatic carbocycles. The van der Waals surface area contributed by atoms with E-state index in [4.69, 9.17) is 0 Å². The van der Waals surface area contributed by atoms with Gasteiger partial charge in [0, 0.05) is 32.7 Å². The third-order valence-electron chi connectivity index (χ3n) is 5.58. The Morgan fingerprint density at radius 3 is 2.63 bits per heavy atom. The number of aromatic amines is 1. The van der Waals surface area contributed by atoms with Crippen LogP contribution in [0.2, 0.25) is 0 Å². The SMILES string of the molecule is CC(C)Cc1ccc(C#N)c(N2CCN(Cc3nc4ccccc4[nH]c3=O)CC2)c1. The quantitative estimate of drug-likeness (QED) is 0.710. The zero-order chi connectivity index (χ0) is 21.1. The van der Waals surface area contributed by atoms with Crippen molar-refractivity contribution in [3.8, 4) is 6.07 Å². The minimum absolute atomic E-state index is 0.121. The Hall–Kier alpha value is -3.17. The van der Waals surface area contributed by atoms with Crippen LogP contribution in [0.4, 0.5) is 5.69 Å². The average molecular weight is 402 g/mol. The molecule has 0 amide bonds. The van der Waals surface area contributed by atoms with Crippen LogP contribution in [-0.2, 0) is 13.0 Å². The standard InChI is InChI=1S/C24H27N5O/c1-17(2)13-18-7-8-19(15-25)23(14-18)29-11-9-28(10-12-29)16-22-24(30)27-21-6-4-3-5-20(21)26-22/h3-8,14,17H,9-13,16H2,1-2H3,(H,27,30). The molecule has 1 aliphatic heterocycles. The lowest BCUT2D eigenvalue weighted by molar-refractivity contribution is 0.246. The Balaban J connectivity index is 1.46. The summed E-state index contributed by atoms with van der Waals surface area (Å²) in [6, 6.07) is 16.1. The fraction of sp³-hybridized carbons (Fsp3) is 0.375. The van der Waals surface area contributed by atoms with E-state index in [-0.39, 0.29) is 5.56 Å². The predicted molar refractivity (Wildman–Crippen MR) is 120 cm³/mol. The first-order valence-corrected chi connectivity index (χ1v) is 10.5. The predicted octanol–water partition coefficient (Wildman–Crippen LogP) is 3.32. The monoisotopic (exact) mass is 401 g/mol. The van der Waals surface area contributed by atoms with Crippen molar-refractivity contribution in [1.29, 1.82) is 5.26 Å². The van der Waals surface area contributed by atoms with E-state index in [1.807, 2.05) is 30.3 Å². The number of fused-ring (bicyclic) bond motifs is 1. The van der Waals surface area contributed by atoms with Gasteiger partial charge in [0.25, 0.3) is 5.56 Å². The number of para-hydroxylation sites is 2. The molecular weight excluding hydrogens is 374 g/mol. The van der Waals surface area contributed by atoms with Gasteiger partial charge in [0.1, 0.15) is 11.8 Å². The van der Waals surface area contributed by atoms with Gasteiger partial charge in [0.15, 0.2) is 0 Å². The number of hydrogen-bond acceptors (Lipinski definition) is 5. The molecule has 1 aliphatic rings. The van der Waals surface area contributed by atoms with Crippen LogP contribution in [0.1, 0.15) is 30.7 Å². The van der Waals surface area contributed by atoms with Crippen LogP contribution in [-0.4, -0.2) is 41.0 Å². The van der Waals surface area contributed by atoms with Gasteiger partial charge in [-0.3, -0.25) is 9.69 Å². The number of nitrogens with one attached hydrogen (secondary N) is 1. The minimum atomic E-state index is -0.121. The van der Waals surface area contributed by atoms with Crippen molar-refractivity contribution < 1.29 is 0 Å². The molecule has 1 fully saturated rings. The molecule has 0 radical (unpaired) electrons. The number of benzene rings is 2. The number of rotatable bonds is 5. The van der Waals surface area contributed by atoms with Crippen LogP contribution in [0.5, 0.6) is 0 Å². The fourth-order valence-corrected chi connectivity index (χ4v) is 4.07. The van der Waals surface area contributed by atoms with Gasteiger partial charge in [-0.15, -0.1) is 0 Å². The molecule has 2 heterocycles. The molecule has 0 saturated carbocycles. The maximum absolute atomic E-state index is 12.4. The molecule has 0 spiro atoms. The van der Waals surface area contributed by atoms with Gasteiger partial charge in [0.05, 0.1) is 22.3 Å². The summed E-state index contributed by atoms with van der Waals surface area (Å²) < 4.78 is 0. The maximum Gasteiger partial charge on any atom is 0.271 e. The molecule has 0 aliphatic carbocycles. The first-order chi connectivity index (χ1) is 14.5. The van der Waals surface area contributed by atoms with Crippen LogP contribution in [0.3, 0.4) is 0 Å². The summed E-state index contributed by atoms with van der Waals surface area (Å²) in [5.74, 6) is 0.579. The number of anilines is 1. The summed E-state index contributed by atoms with van der Waals surface area (Å²) >= 11 is 0. The van der Waals surface area contributed by atoms with Gasteiger partial charge < -0.3 is 9.88 Å². The van der Waals surface area contributed by atoms with Crippen molar-refractivity contribution >= 4 is 16.7 Å². The van der Waals surface area contributed by atoms with E-state index in [0.29, 0.717) is 18.2 Å². The summed E-state index contributed by atoms with van der Waals surface area (Å²) in [5.41, 5.74) is 5.03. The molecule has 1 aromatic heterocycles. The Morgan fingerprint density at radius 1 is 1.13 bits per heavy atom. The highest BCUT2D eigenvalue weighted by Crippen LogP contribution is 2.25. The summed E-state index contributed by atoms with van der Waals surface area (Å²) in [6.45, 7) is 8.25. The number of nitrogens with zero attached hydrogens (tertiary/aromatic N) is 4. The van der Waals surface area contributed by atoms with Gasteiger partial charge >= 0.3 is 0 Å². The van der Waals surface area contributed by atoms with Crippen LogP contribution in [0.15, 0.2) is 47.3 Å². The molecule has 1 saturated heterocycles. The Labute approximate surface area is 176 Å². The molecule has 1 N–H and O–H groups in total. The van der Waals surface area contributed by atoms with Gasteiger partial charge in [0.2, 0.25) is 0 Å². The van der Waals surface area contributed by atoms with E-state index in [1.54, 1.807) is 0 Å². The Bertz CT molecular complexity index is 1140. The van der Waals surface area contributed by atoms with Gasteiger partial charge in [-0.25, -0.2) is 4.98 Å². The smallest absolute Gasteiger partial charge is 0.271 e. The van der Waals surface area contributed by atoms with E-state index < -0.39 is 0 Å². The maximum atomic E-state index is 12.4. The third-order valence-corrected chi connectivity index (χ3v) is 5.58. The van der Waals surface area contributed by atoms with Crippen LogP contribution in [0.25, 0.3) is 11.0 Å². The molecule has 0 atom stereocenters. The molecule has 3 aromatic rings. The molecule has 0 unspecified atom stereocenters. The second-order valence-electron chi connectivity index (χ2n) is 8.35. The molecule has 0 bridgehead atoms. The lowest BCUT2D eigenvalue weighted by Crippen LogP contribution is -2.46. The van der Waals surface area contributed by atoms with Gasteiger partial charge in [-0.2, -0.15) is 5.26 Å². The van der Waals surface area contributed by atoms with Gasteiger partial charge in [-0.05, 0) is 42.2 Å². The molecule has 4 rings (SSSR count). The van der Waals surface area contributed by atoms with E-state index in [1.165, 1.54) is 5.56 Å². The molecule has 154 valence electrons. The topological polar surface area (TPSA) is 76.0 Å². The zero-order valence-electron chi connectivity index (χ0n) is 17.6. The zero-order valence-corrected chi connectivity index (χ0v) is 17.6. The lowest BCUT2D eigenvalue weighted by Gasteiger charge is -2.36. The van der Waals surface area contributed by atoms with Crippen LogP contribution < -0.4 is 10.5 Å². The van der Waals surface area contributed by atoms with Crippen molar-refractivity contribution in [2.75, 3.05) is 31.1 Å². The number of piperazine rings is 1. The highest BCUT2D eigenvalue weighted by atomic mass is 16.1. The molecular formula is C24H27N5O. The van der Waals surface area contributed by atoms with E-state index in [0.717, 1.165) is 54.9 Å². The van der Waals surface area contributed by atoms with Crippen LogP contribution in [0, 0.1) is 17.2 Å². The van der Waals surface area contributed by atoms with Gasteiger partial charge in [-0.1, -0.05) is 32.0 Å². The number of nitriles is 1. The first-order valence-electron chi connectivity index (χ1n) is 10.5. The third kappa shape index (κ3) is 4.37. The largest absolute Gasteiger partial charge is 0.368 e. The molecule has 30 heavy (non-hydrogen) atoms. The van der Waals surface area contributed by atoms with Crippen LogP contribution >= 0.6 is 0 Å². The first kappa shape index (κ1) is 20.1. The summed E-state index contributed by atoms with van der Waals surface area (Å²) in [6.07, 6.45) is 1.01. The van der Waals surface area contributed by atoms with E-state index >= 15 is 0 Å². The summed E-state index contributed by atoms with van der Waals surface area (Å²) in [5, 5.41) is 9.55. The minimum Gasteiger partial charge on any atom is -0.368 e. The number of hydrogen-bond donors (Lipinski definition) is 1. The fourth-order valence-electron chi connectivity index (χ4n) is 4.07. The van der Waals surface area contributed by atoms with Crippen molar-refractivity contribution in [2.24, 2.45) is 5.92 Å². The molecule has 6 nitrogen and oxygen atoms in total. The highest BCUT2D eigenvalue weighted by molar-refractivity contribution is 5.73. The summed E-state index contributed by atoms with van der Waals surface area (Å²) in [7, 11) is 0. The summed E-state index contributed by atoms with van der Waals surface area (Å²) in [4.78, 5) is 24.5. The average Bonchev–Trinajstić information content (AvgIpc) is 2.74. The Kier molecular flexibility index (Phi) is 5.82. The van der Waals surface area contributed by atoms with Crippen molar-refractivity contribution in [3.05, 3.63) is 69.6 Å². The lowest BCUT2D eigenvalue weighted by atomic mass is 10.00. The van der Waals surface area contributed by atoms with Crippen molar-refractivity contribution in [1.82, 2.24) is 14.9 Å². The van der Waals surface area contributed by atoms with Crippen molar-refractivity contribution in [3.63, 3.8) is 0 Å². The second kappa shape index (κ2) is 8.68. The number of aromatic nitrogens is 2. The molecule has 6 heteroatoms. The van der Waals surface area contributed by atoms with E-state index in [2.05, 4.69) is 51.8 Å². The number of H-pyrrole nitrogens is 1. The van der Waals surface area contributed by atoms with E-state index in [9.17, 15) is 10.1 Å². The Morgan fingerprint density at radius 2 is 1.90 bits per heavy atom. The second-order valence-corrected chi connectivity index (χ2v) is 8.35. The highest BCUT2D eigenvalue weighted by Gasteiger charge is 2.21. The van der Waals surface area contributed by atoms with Crippen molar-refractivity contribution in [2.45, 2.75) is 26.8 Å².